The summed E-state index contributed by atoms with van der Waals surface area (Å²) in [4.78, 5) is 12.8. The largest absolute Gasteiger partial charge is 0.493 e. The summed E-state index contributed by atoms with van der Waals surface area (Å²) < 4.78 is 10.6. The van der Waals surface area contributed by atoms with Crippen molar-refractivity contribution in [3.8, 4) is 11.5 Å². The zero-order valence-electron chi connectivity index (χ0n) is 17.2. The van der Waals surface area contributed by atoms with Crippen molar-refractivity contribution in [2.45, 2.75) is 26.8 Å². The van der Waals surface area contributed by atoms with Gasteiger partial charge in [-0.2, -0.15) is 5.21 Å². The van der Waals surface area contributed by atoms with E-state index in [1.807, 2.05) is 51.1 Å². The van der Waals surface area contributed by atoms with Crippen LogP contribution in [-0.4, -0.2) is 35.5 Å². The SMILES string of the molecule is COc1ccc([C@@H](C)NC(=O)c2n[nH]nc2Nc2ccc(C)c(C)c2)cc1OC. The molecule has 0 radical (unpaired) electrons. The predicted octanol–water partition coefficient (Wildman–Crippen LogP) is 3.67. The quantitative estimate of drug-likeness (QED) is 0.564. The Bertz CT molecular complexity index is 1020. The lowest BCUT2D eigenvalue weighted by Crippen LogP contribution is -2.27. The molecule has 1 aromatic heterocycles. The van der Waals surface area contributed by atoms with Crippen LogP contribution < -0.4 is 20.1 Å². The van der Waals surface area contributed by atoms with Crippen molar-refractivity contribution in [3.05, 3.63) is 58.8 Å². The number of H-pyrrole nitrogens is 1. The number of methoxy groups -OCH3 is 2. The van der Waals surface area contributed by atoms with Crippen LogP contribution in [0.5, 0.6) is 11.5 Å². The van der Waals surface area contributed by atoms with Crippen molar-refractivity contribution in [2.24, 2.45) is 0 Å². The maximum absolute atomic E-state index is 12.8. The van der Waals surface area contributed by atoms with Gasteiger partial charge in [-0.25, -0.2) is 0 Å². The number of amides is 1. The minimum atomic E-state index is -0.340. The van der Waals surface area contributed by atoms with Gasteiger partial charge in [0.25, 0.3) is 5.91 Å². The van der Waals surface area contributed by atoms with Gasteiger partial charge in [0.15, 0.2) is 23.0 Å². The van der Waals surface area contributed by atoms with E-state index in [0.29, 0.717) is 17.3 Å². The second-order valence-electron chi connectivity index (χ2n) is 6.75. The molecule has 3 aromatic rings. The average Bonchev–Trinajstić information content (AvgIpc) is 3.18. The highest BCUT2D eigenvalue weighted by atomic mass is 16.5. The van der Waals surface area contributed by atoms with Crippen LogP contribution in [0.25, 0.3) is 0 Å². The van der Waals surface area contributed by atoms with Gasteiger partial charge in [-0.3, -0.25) is 4.79 Å². The summed E-state index contributed by atoms with van der Waals surface area (Å²) in [5.74, 6) is 1.26. The number of aromatic amines is 1. The molecule has 0 spiro atoms. The molecule has 152 valence electrons. The monoisotopic (exact) mass is 395 g/mol. The zero-order valence-corrected chi connectivity index (χ0v) is 17.2. The van der Waals surface area contributed by atoms with E-state index in [1.165, 1.54) is 5.56 Å². The minimum Gasteiger partial charge on any atom is -0.493 e. The Hall–Kier alpha value is -3.55. The number of anilines is 2. The fourth-order valence-electron chi connectivity index (χ4n) is 2.90. The van der Waals surface area contributed by atoms with E-state index in [0.717, 1.165) is 16.8 Å². The Balaban J connectivity index is 1.74. The third-order valence-corrected chi connectivity index (χ3v) is 4.79. The van der Waals surface area contributed by atoms with Gasteiger partial charge in [0.2, 0.25) is 0 Å². The molecule has 0 aliphatic carbocycles. The highest BCUT2D eigenvalue weighted by molar-refractivity contribution is 5.97. The topological polar surface area (TPSA) is 101 Å². The number of ether oxygens (including phenoxy) is 2. The van der Waals surface area contributed by atoms with Crippen molar-refractivity contribution in [3.63, 3.8) is 0 Å². The Morgan fingerprint density at radius 2 is 1.76 bits per heavy atom. The van der Waals surface area contributed by atoms with Crippen molar-refractivity contribution in [1.29, 1.82) is 0 Å². The molecule has 8 heteroatoms. The molecule has 0 unspecified atom stereocenters. The number of rotatable bonds is 7. The van der Waals surface area contributed by atoms with Gasteiger partial charge in [-0.1, -0.05) is 12.1 Å². The number of nitrogens with zero attached hydrogens (tertiary/aromatic N) is 2. The third-order valence-electron chi connectivity index (χ3n) is 4.79. The van der Waals surface area contributed by atoms with Crippen molar-refractivity contribution in [2.75, 3.05) is 19.5 Å². The molecule has 1 amide bonds. The second-order valence-corrected chi connectivity index (χ2v) is 6.75. The van der Waals surface area contributed by atoms with Crippen LogP contribution in [0.1, 0.15) is 40.1 Å². The van der Waals surface area contributed by atoms with Gasteiger partial charge in [-0.15, -0.1) is 10.2 Å². The fraction of sp³-hybridized carbons (Fsp3) is 0.286. The summed E-state index contributed by atoms with van der Waals surface area (Å²) >= 11 is 0. The molecule has 3 rings (SSSR count). The van der Waals surface area contributed by atoms with Gasteiger partial charge >= 0.3 is 0 Å². The number of carbonyl (C=O) groups is 1. The molecule has 3 N–H and O–H groups in total. The molecule has 2 aromatic carbocycles. The summed E-state index contributed by atoms with van der Waals surface area (Å²) in [6, 6.07) is 11.2. The van der Waals surface area contributed by atoms with Crippen LogP contribution in [0, 0.1) is 13.8 Å². The van der Waals surface area contributed by atoms with Crippen LogP contribution in [-0.2, 0) is 0 Å². The van der Waals surface area contributed by atoms with Crippen molar-refractivity contribution in [1.82, 2.24) is 20.7 Å². The molecule has 0 aliphatic heterocycles. The second kappa shape index (κ2) is 8.64. The molecular formula is C21H25N5O3. The van der Waals surface area contributed by atoms with E-state index >= 15 is 0 Å². The number of hydrogen-bond acceptors (Lipinski definition) is 6. The van der Waals surface area contributed by atoms with Crippen molar-refractivity contribution < 1.29 is 14.3 Å². The van der Waals surface area contributed by atoms with Crippen LogP contribution in [0.2, 0.25) is 0 Å². The summed E-state index contributed by atoms with van der Waals surface area (Å²) in [5, 5.41) is 16.7. The van der Waals surface area contributed by atoms with Gasteiger partial charge < -0.3 is 20.1 Å². The number of benzene rings is 2. The first-order valence-corrected chi connectivity index (χ1v) is 9.20. The first-order chi connectivity index (χ1) is 13.9. The van der Waals surface area contributed by atoms with Gasteiger partial charge in [-0.05, 0) is 61.7 Å². The van der Waals surface area contributed by atoms with E-state index in [2.05, 4.69) is 26.0 Å². The molecule has 0 saturated heterocycles. The lowest BCUT2D eigenvalue weighted by molar-refractivity contribution is 0.0935. The Morgan fingerprint density at radius 3 is 2.45 bits per heavy atom. The fourth-order valence-corrected chi connectivity index (χ4v) is 2.90. The standard InChI is InChI=1S/C21H25N5O3/c1-12-6-8-16(10-13(12)2)23-20-19(24-26-25-20)21(27)22-14(3)15-7-9-17(28-4)18(11-15)29-5/h6-11,14H,1-5H3,(H,22,27)(H2,23,24,25,26)/t14-/m1/s1. The number of nitrogens with one attached hydrogen (secondary N) is 3. The van der Waals surface area contributed by atoms with E-state index in [9.17, 15) is 4.79 Å². The number of aryl methyl sites for hydroxylation is 2. The molecule has 0 aliphatic rings. The van der Waals surface area contributed by atoms with E-state index in [1.54, 1.807) is 20.3 Å². The Morgan fingerprint density at radius 1 is 1.00 bits per heavy atom. The molecule has 1 heterocycles. The number of hydrogen-bond donors (Lipinski definition) is 3. The molecule has 0 bridgehead atoms. The Kier molecular flexibility index (Phi) is 6.01. The van der Waals surface area contributed by atoms with Gasteiger partial charge in [0, 0.05) is 5.69 Å². The van der Waals surface area contributed by atoms with Crippen LogP contribution in [0.3, 0.4) is 0 Å². The number of aromatic nitrogens is 3. The summed E-state index contributed by atoms with van der Waals surface area (Å²) in [5.41, 5.74) is 4.24. The van der Waals surface area contributed by atoms with E-state index < -0.39 is 0 Å². The molecule has 0 fully saturated rings. The van der Waals surface area contributed by atoms with E-state index in [4.69, 9.17) is 9.47 Å². The lowest BCUT2D eigenvalue weighted by Gasteiger charge is -2.16. The zero-order chi connectivity index (χ0) is 21.0. The molecular weight excluding hydrogens is 370 g/mol. The lowest BCUT2D eigenvalue weighted by atomic mass is 10.1. The predicted molar refractivity (Wildman–Crippen MR) is 111 cm³/mol. The van der Waals surface area contributed by atoms with Gasteiger partial charge in [0.1, 0.15) is 0 Å². The maximum Gasteiger partial charge on any atom is 0.276 e. The van der Waals surface area contributed by atoms with Crippen LogP contribution >= 0.6 is 0 Å². The smallest absolute Gasteiger partial charge is 0.276 e. The Labute approximate surface area is 169 Å². The molecule has 29 heavy (non-hydrogen) atoms. The first kappa shape index (κ1) is 20.2. The average molecular weight is 395 g/mol. The summed E-state index contributed by atoms with van der Waals surface area (Å²) in [6.45, 7) is 5.96. The molecule has 8 nitrogen and oxygen atoms in total. The van der Waals surface area contributed by atoms with Crippen molar-refractivity contribution >= 4 is 17.4 Å². The van der Waals surface area contributed by atoms with Crippen LogP contribution in [0.15, 0.2) is 36.4 Å². The summed E-state index contributed by atoms with van der Waals surface area (Å²) in [7, 11) is 3.16. The normalized spacial score (nSPS) is 11.6. The summed E-state index contributed by atoms with van der Waals surface area (Å²) in [6.07, 6.45) is 0. The third kappa shape index (κ3) is 4.48. The van der Waals surface area contributed by atoms with Crippen LogP contribution in [0.4, 0.5) is 11.5 Å². The maximum atomic E-state index is 12.8. The highest BCUT2D eigenvalue weighted by Gasteiger charge is 2.20. The molecule has 0 saturated carbocycles. The minimum absolute atomic E-state index is 0.190. The molecule has 1 atom stereocenters. The first-order valence-electron chi connectivity index (χ1n) is 9.20. The number of carbonyl (C=O) groups excluding carboxylic acids is 1. The van der Waals surface area contributed by atoms with Gasteiger partial charge in [0.05, 0.1) is 20.3 Å². The van der Waals surface area contributed by atoms with E-state index in [-0.39, 0.29) is 17.6 Å². The highest BCUT2D eigenvalue weighted by Crippen LogP contribution is 2.30.